The summed E-state index contributed by atoms with van der Waals surface area (Å²) < 4.78 is 15.9. The molecule has 0 aromatic heterocycles. The van der Waals surface area contributed by atoms with Gasteiger partial charge in [-0.3, -0.25) is 4.79 Å². The summed E-state index contributed by atoms with van der Waals surface area (Å²) in [6, 6.07) is 11.3. The first kappa shape index (κ1) is 19.1. The number of nitrogens with one attached hydrogen (secondary N) is 1. The lowest BCUT2D eigenvalue weighted by Crippen LogP contribution is -2.31. The van der Waals surface area contributed by atoms with Crippen molar-refractivity contribution in [1.29, 1.82) is 0 Å². The Labute approximate surface area is 151 Å². The van der Waals surface area contributed by atoms with Crippen LogP contribution in [-0.2, 0) is 4.79 Å². The van der Waals surface area contributed by atoms with Gasteiger partial charge in [-0.15, -0.1) is 0 Å². The highest BCUT2D eigenvalue weighted by Crippen LogP contribution is 2.28. The largest absolute Gasteiger partial charge is 0.496 e. The lowest BCUT2D eigenvalue weighted by molar-refractivity contribution is -0.123. The van der Waals surface area contributed by atoms with Crippen molar-refractivity contribution in [2.24, 2.45) is 0 Å². The minimum atomic E-state index is -1.07. The van der Waals surface area contributed by atoms with Crippen molar-refractivity contribution in [3.8, 4) is 17.2 Å². The number of hydrogen-bond acceptors (Lipinski definition) is 5. The highest BCUT2D eigenvalue weighted by Gasteiger charge is 2.15. The molecule has 0 aliphatic carbocycles. The predicted octanol–water partition coefficient (Wildman–Crippen LogP) is 2.66. The second-order valence-electron chi connectivity index (χ2n) is 5.49. The smallest absolute Gasteiger partial charge is 0.335 e. The Kier molecular flexibility index (Phi) is 6.43. The molecule has 0 unspecified atom stereocenters. The fourth-order valence-electron chi connectivity index (χ4n) is 2.45. The molecule has 1 atom stereocenters. The zero-order valence-electron chi connectivity index (χ0n) is 14.8. The Morgan fingerprint density at radius 1 is 1.04 bits per heavy atom. The van der Waals surface area contributed by atoms with Crippen LogP contribution in [0.3, 0.4) is 0 Å². The minimum absolute atomic E-state index is 0.0726. The lowest BCUT2D eigenvalue weighted by atomic mass is 10.1. The number of methoxy groups -OCH3 is 2. The molecule has 2 N–H and O–H groups in total. The van der Waals surface area contributed by atoms with Gasteiger partial charge in [0, 0.05) is 5.56 Å². The van der Waals surface area contributed by atoms with E-state index in [1.54, 1.807) is 7.11 Å². The van der Waals surface area contributed by atoms with E-state index >= 15 is 0 Å². The number of ether oxygens (including phenoxy) is 3. The molecule has 0 spiro atoms. The summed E-state index contributed by atoms with van der Waals surface area (Å²) in [5, 5.41) is 11.8. The molecule has 0 saturated carbocycles. The Morgan fingerprint density at radius 2 is 1.73 bits per heavy atom. The quantitative estimate of drug-likeness (QED) is 0.753. The van der Waals surface area contributed by atoms with Gasteiger partial charge in [0.1, 0.15) is 5.75 Å². The number of hydrogen-bond donors (Lipinski definition) is 2. The highest BCUT2D eigenvalue weighted by molar-refractivity contribution is 5.88. The van der Waals surface area contributed by atoms with Crippen LogP contribution in [0.4, 0.5) is 0 Å². The summed E-state index contributed by atoms with van der Waals surface area (Å²) in [4.78, 5) is 23.1. The average Bonchev–Trinajstić information content (AvgIpc) is 2.65. The van der Waals surface area contributed by atoms with E-state index in [4.69, 9.17) is 19.3 Å². The number of benzene rings is 2. The number of carbonyl (C=O) groups is 2. The van der Waals surface area contributed by atoms with Gasteiger partial charge in [0.25, 0.3) is 5.91 Å². The Bertz CT molecular complexity index is 789. The zero-order valence-corrected chi connectivity index (χ0v) is 14.8. The second kappa shape index (κ2) is 8.75. The first-order chi connectivity index (χ1) is 12.5. The van der Waals surface area contributed by atoms with Crippen molar-refractivity contribution in [1.82, 2.24) is 5.32 Å². The van der Waals surface area contributed by atoms with Gasteiger partial charge in [0.05, 0.1) is 25.8 Å². The third kappa shape index (κ3) is 4.66. The first-order valence-electron chi connectivity index (χ1n) is 7.92. The van der Waals surface area contributed by atoms with Crippen molar-refractivity contribution in [2.45, 2.75) is 13.0 Å². The third-order valence-corrected chi connectivity index (χ3v) is 3.75. The zero-order chi connectivity index (χ0) is 19.1. The normalized spacial score (nSPS) is 11.3. The van der Waals surface area contributed by atoms with Crippen LogP contribution in [0.5, 0.6) is 17.2 Å². The molecule has 7 heteroatoms. The van der Waals surface area contributed by atoms with E-state index < -0.39 is 5.97 Å². The van der Waals surface area contributed by atoms with E-state index in [0.29, 0.717) is 5.75 Å². The van der Waals surface area contributed by atoms with Crippen LogP contribution in [0.15, 0.2) is 42.5 Å². The van der Waals surface area contributed by atoms with Crippen LogP contribution in [0, 0.1) is 0 Å². The Hall–Kier alpha value is -3.22. The monoisotopic (exact) mass is 359 g/mol. The summed E-state index contributed by atoms with van der Waals surface area (Å²) >= 11 is 0. The van der Waals surface area contributed by atoms with Crippen LogP contribution in [0.1, 0.15) is 28.9 Å². The van der Waals surface area contributed by atoms with Crippen molar-refractivity contribution < 1.29 is 28.9 Å². The number of para-hydroxylation sites is 1. The van der Waals surface area contributed by atoms with E-state index in [2.05, 4.69) is 5.32 Å². The maximum Gasteiger partial charge on any atom is 0.335 e. The fraction of sp³-hybridized carbons (Fsp3) is 0.263. The van der Waals surface area contributed by atoms with Gasteiger partial charge >= 0.3 is 5.97 Å². The summed E-state index contributed by atoms with van der Waals surface area (Å²) in [5.74, 6) is -0.175. The molecule has 0 bridgehead atoms. The van der Waals surface area contributed by atoms with Crippen molar-refractivity contribution in [2.75, 3.05) is 20.8 Å². The molecule has 0 radical (unpaired) electrons. The minimum Gasteiger partial charge on any atom is -0.496 e. The molecule has 26 heavy (non-hydrogen) atoms. The summed E-state index contributed by atoms with van der Waals surface area (Å²) in [7, 11) is 2.97. The third-order valence-electron chi connectivity index (χ3n) is 3.75. The molecule has 138 valence electrons. The number of rotatable bonds is 8. The van der Waals surface area contributed by atoms with E-state index in [0.717, 1.165) is 5.56 Å². The summed E-state index contributed by atoms with van der Waals surface area (Å²) in [6.07, 6.45) is 0. The van der Waals surface area contributed by atoms with E-state index in [-0.39, 0.29) is 35.6 Å². The van der Waals surface area contributed by atoms with Crippen LogP contribution >= 0.6 is 0 Å². The van der Waals surface area contributed by atoms with Crippen LogP contribution < -0.4 is 19.5 Å². The van der Waals surface area contributed by atoms with Gasteiger partial charge in [0.15, 0.2) is 18.1 Å². The van der Waals surface area contributed by atoms with Gasteiger partial charge in [-0.1, -0.05) is 18.2 Å². The van der Waals surface area contributed by atoms with Gasteiger partial charge in [-0.05, 0) is 31.2 Å². The maximum atomic E-state index is 12.2. The fourth-order valence-corrected chi connectivity index (χ4v) is 2.45. The summed E-state index contributed by atoms with van der Waals surface area (Å²) in [6.45, 7) is 1.61. The number of carboxylic acid groups (broad SMARTS) is 1. The molecule has 2 aromatic rings. The number of carboxylic acids is 1. The van der Waals surface area contributed by atoms with Gasteiger partial charge in [0.2, 0.25) is 0 Å². The van der Waals surface area contributed by atoms with E-state index in [1.165, 1.54) is 25.3 Å². The van der Waals surface area contributed by atoms with E-state index in [9.17, 15) is 9.59 Å². The molecule has 2 rings (SSSR count). The highest BCUT2D eigenvalue weighted by atomic mass is 16.5. The lowest BCUT2D eigenvalue weighted by Gasteiger charge is -2.17. The molecule has 1 amide bonds. The van der Waals surface area contributed by atoms with Crippen molar-refractivity contribution in [3.63, 3.8) is 0 Å². The molecule has 0 aliphatic rings. The second-order valence-corrected chi connectivity index (χ2v) is 5.49. The summed E-state index contributed by atoms with van der Waals surface area (Å²) in [5.41, 5.74) is 0.926. The van der Waals surface area contributed by atoms with Gasteiger partial charge in [-0.2, -0.15) is 0 Å². The van der Waals surface area contributed by atoms with Crippen LogP contribution in [-0.4, -0.2) is 37.8 Å². The molecule has 2 aromatic carbocycles. The van der Waals surface area contributed by atoms with Crippen LogP contribution in [0.2, 0.25) is 0 Å². The standard InChI is InChI=1S/C19H21NO6/c1-12(14-6-4-5-7-15(14)24-2)20-18(21)11-26-16-9-8-13(19(22)23)10-17(16)25-3/h4-10,12H,11H2,1-3H3,(H,20,21)(H,22,23)/t12-/m1/s1. The Morgan fingerprint density at radius 3 is 2.38 bits per heavy atom. The van der Waals surface area contributed by atoms with E-state index in [1.807, 2.05) is 31.2 Å². The molecule has 0 aliphatic heterocycles. The molecule has 0 heterocycles. The molecule has 0 fully saturated rings. The maximum absolute atomic E-state index is 12.2. The SMILES string of the molecule is COc1cc(C(=O)O)ccc1OCC(=O)N[C@H](C)c1ccccc1OC. The topological polar surface area (TPSA) is 94.1 Å². The number of aromatic carboxylic acids is 1. The predicted molar refractivity (Wildman–Crippen MR) is 95.0 cm³/mol. The van der Waals surface area contributed by atoms with Crippen LogP contribution in [0.25, 0.3) is 0 Å². The first-order valence-corrected chi connectivity index (χ1v) is 7.92. The van der Waals surface area contributed by atoms with Gasteiger partial charge < -0.3 is 24.6 Å². The molecular formula is C19H21NO6. The molecule has 7 nitrogen and oxygen atoms in total. The van der Waals surface area contributed by atoms with Crippen molar-refractivity contribution >= 4 is 11.9 Å². The molecular weight excluding hydrogens is 338 g/mol. The molecule has 0 saturated heterocycles. The Balaban J connectivity index is 1.99. The van der Waals surface area contributed by atoms with Gasteiger partial charge in [-0.25, -0.2) is 4.79 Å². The average molecular weight is 359 g/mol. The van der Waals surface area contributed by atoms with Crippen molar-refractivity contribution in [3.05, 3.63) is 53.6 Å². The number of amides is 1. The number of carbonyl (C=O) groups excluding carboxylic acids is 1.